The molecule has 6 heteroatoms. The third-order valence-corrected chi connectivity index (χ3v) is 7.08. The fraction of sp³-hybridized carbons (Fsp3) is 0.600. The van der Waals surface area contributed by atoms with Gasteiger partial charge >= 0.3 is 0 Å². The molecule has 0 bridgehead atoms. The zero-order chi connectivity index (χ0) is 15.2. The maximum absolute atomic E-state index is 13.0. The fourth-order valence-corrected chi connectivity index (χ4v) is 5.25. The third kappa shape index (κ3) is 3.18. The Morgan fingerprint density at radius 3 is 2.48 bits per heavy atom. The summed E-state index contributed by atoms with van der Waals surface area (Å²) in [6.45, 7) is 2.29. The summed E-state index contributed by atoms with van der Waals surface area (Å²) >= 11 is 3.40. The number of nitrogens with zero attached hydrogens (tertiary/aromatic N) is 1. The van der Waals surface area contributed by atoms with Crippen molar-refractivity contribution in [3.63, 3.8) is 0 Å². The second-order valence-electron chi connectivity index (χ2n) is 6.11. The molecule has 116 valence electrons. The predicted molar refractivity (Wildman–Crippen MR) is 84.4 cm³/mol. The van der Waals surface area contributed by atoms with E-state index < -0.39 is 10.0 Å². The molecule has 2 saturated carbocycles. The second-order valence-corrected chi connectivity index (χ2v) is 8.82. The van der Waals surface area contributed by atoms with Gasteiger partial charge in [0, 0.05) is 17.1 Å². The molecule has 0 amide bonds. The van der Waals surface area contributed by atoms with Gasteiger partial charge in [0.1, 0.15) is 0 Å². The van der Waals surface area contributed by atoms with Gasteiger partial charge in [0.25, 0.3) is 0 Å². The number of aliphatic hydroxyl groups excluding tert-OH is 1. The maximum atomic E-state index is 13.0. The molecule has 21 heavy (non-hydrogen) atoms. The van der Waals surface area contributed by atoms with Crippen molar-refractivity contribution in [1.82, 2.24) is 4.31 Å². The monoisotopic (exact) mass is 373 g/mol. The van der Waals surface area contributed by atoms with E-state index in [0.717, 1.165) is 30.2 Å². The van der Waals surface area contributed by atoms with Crippen molar-refractivity contribution >= 4 is 26.0 Å². The number of hydrogen-bond acceptors (Lipinski definition) is 3. The summed E-state index contributed by atoms with van der Waals surface area (Å²) < 4.78 is 28.5. The summed E-state index contributed by atoms with van der Waals surface area (Å²) in [6.07, 6.45) is 4.20. The van der Waals surface area contributed by atoms with E-state index in [4.69, 9.17) is 0 Å². The zero-order valence-electron chi connectivity index (χ0n) is 12.0. The smallest absolute Gasteiger partial charge is 0.243 e. The van der Waals surface area contributed by atoms with Gasteiger partial charge in [-0.3, -0.25) is 0 Å². The van der Waals surface area contributed by atoms with Crippen LogP contribution in [-0.2, 0) is 16.6 Å². The molecule has 0 heterocycles. The summed E-state index contributed by atoms with van der Waals surface area (Å²) in [4.78, 5) is 0.327. The molecular weight excluding hydrogens is 354 g/mol. The minimum atomic E-state index is -3.49. The van der Waals surface area contributed by atoms with E-state index in [0.29, 0.717) is 28.5 Å². The Morgan fingerprint density at radius 1 is 1.29 bits per heavy atom. The van der Waals surface area contributed by atoms with Crippen molar-refractivity contribution in [2.45, 2.75) is 50.2 Å². The van der Waals surface area contributed by atoms with E-state index in [1.54, 1.807) is 23.4 Å². The van der Waals surface area contributed by atoms with Crippen molar-refractivity contribution < 1.29 is 13.5 Å². The molecule has 0 aliphatic heterocycles. The molecule has 0 aromatic heterocycles. The predicted octanol–water partition coefficient (Wildman–Crippen LogP) is 2.81. The van der Waals surface area contributed by atoms with Crippen LogP contribution < -0.4 is 0 Å². The lowest BCUT2D eigenvalue weighted by Gasteiger charge is -2.23. The van der Waals surface area contributed by atoms with Crippen LogP contribution in [0.25, 0.3) is 0 Å². The molecule has 0 atom stereocenters. The van der Waals surface area contributed by atoms with Crippen LogP contribution in [0.5, 0.6) is 0 Å². The van der Waals surface area contributed by atoms with Crippen molar-refractivity contribution in [3.8, 4) is 0 Å². The van der Waals surface area contributed by atoms with Gasteiger partial charge in [0.05, 0.1) is 11.5 Å². The largest absolute Gasteiger partial charge is 0.392 e. The van der Waals surface area contributed by atoms with E-state index in [1.165, 1.54) is 0 Å². The van der Waals surface area contributed by atoms with Crippen molar-refractivity contribution in [1.29, 1.82) is 0 Å². The molecule has 2 fully saturated rings. The van der Waals surface area contributed by atoms with Crippen LogP contribution in [-0.4, -0.2) is 30.4 Å². The molecule has 2 aliphatic carbocycles. The number of hydrogen-bond donors (Lipinski definition) is 1. The SMILES string of the molecule is Cc1c(Br)cc(CO)cc1S(=O)(=O)N(CC1CC1)C1CC1. The van der Waals surface area contributed by atoms with Gasteiger partial charge in [0.2, 0.25) is 10.0 Å². The van der Waals surface area contributed by atoms with Crippen LogP contribution in [0.3, 0.4) is 0 Å². The average molecular weight is 374 g/mol. The summed E-state index contributed by atoms with van der Waals surface area (Å²) in [5.41, 5.74) is 1.34. The highest BCUT2D eigenvalue weighted by atomic mass is 79.9. The number of sulfonamides is 1. The quantitative estimate of drug-likeness (QED) is 0.833. The van der Waals surface area contributed by atoms with Gasteiger partial charge in [-0.05, 0) is 61.8 Å². The highest BCUT2D eigenvalue weighted by molar-refractivity contribution is 9.10. The van der Waals surface area contributed by atoms with E-state index in [9.17, 15) is 13.5 Å². The van der Waals surface area contributed by atoms with Crippen LogP contribution in [0.2, 0.25) is 0 Å². The highest BCUT2D eigenvalue weighted by Crippen LogP contribution is 2.39. The first-order valence-electron chi connectivity index (χ1n) is 7.35. The normalized spacial score (nSPS) is 19.2. The molecular formula is C15H20BrNO3S. The third-order valence-electron chi connectivity index (χ3n) is 4.21. The summed E-state index contributed by atoms with van der Waals surface area (Å²) in [6, 6.07) is 3.56. The van der Waals surface area contributed by atoms with Crippen LogP contribution in [0.1, 0.15) is 36.8 Å². The van der Waals surface area contributed by atoms with Crippen LogP contribution >= 0.6 is 15.9 Å². The minimum absolute atomic E-state index is 0.159. The number of halogens is 1. The number of rotatable bonds is 6. The number of benzene rings is 1. The maximum Gasteiger partial charge on any atom is 0.243 e. The highest BCUT2D eigenvalue weighted by Gasteiger charge is 2.41. The Hall–Kier alpha value is -0.430. The van der Waals surface area contributed by atoms with Gasteiger partial charge in [-0.15, -0.1) is 0 Å². The summed E-state index contributed by atoms with van der Waals surface area (Å²) in [5, 5.41) is 9.33. The van der Waals surface area contributed by atoms with Gasteiger partial charge in [0.15, 0.2) is 0 Å². The molecule has 3 rings (SSSR count). The Labute approximate surface area is 134 Å². The van der Waals surface area contributed by atoms with Crippen molar-refractivity contribution in [2.75, 3.05) is 6.54 Å². The van der Waals surface area contributed by atoms with E-state index >= 15 is 0 Å². The minimum Gasteiger partial charge on any atom is -0.392 e. The first-order valence-corrected chi connectivity index (χ1v) is 9.58. The average Bonchev–Trinajstić information content (AvgIpc) is 3.31. The van der Waals surface area contributed by atoms with E-state index in [2.05, 4.69) is 15.9 Å². The number of aliphatic hydroxyl groups is 1. The van der Waals surface area contributed by atoms with Crippen molar-refractivity contribution in [3.05, 3.63) is 27.7 Å². The zero-order valence-corrected chi connectivity index (χ0v) is 14.5. The Balaban J connectivity index is 2.01. The van der Waals surface area contributed by atoms with Gasteiger partial charge in [-0.1, -0.05) is 15.9 Å². The molecule has 1 aromatic rings. The summed E-state index contributed by atoms with van der Waals surface area (Å²) in [7, 11) is -3.49. The first-order chi connectivity index (χ1) is 9.93. The summed E-state index contributed by atoms with van der Waals surface area (Å²) in [5.74, 6) is 0.533. The van der Waals surface area contributed by atoms with Crippen LogP contribution in [0, 0.1) is 12.8 Å². The van der Waals surface area contributed by atoms with Gasteiger partial charge in [-0.25, -0.2) is 8.42 Å². The molecule has 0 saturated heterocycles. The molecule has 0 radical (unpaired) electrons. The molecule has 0 spiro atoms. The van der Waals surface area contributed by atoms with Crippen LogP contribution in [0.4, 0.5) is 0 Å². The Kier molecular flexibility index (Phi) is 4.16. The molecule has 4 nitrogen and oxygen atoms in total. The Morgan fingerprint density at radius 2 is 1.95 bits per heavy atom. The van der Waals surface area contributed by atoms with Gasteiger partial charge in [-0.2, -0.15) is 4.31 Å². The van der Waals surface area contributed by atoms with Gasteiger partial charge < -0.3 is 5.11 Å². The van der Waals surface area contributed by atoms with Crippen LogP contribution in [0.15, 0.2) is 21.5 Å². The van der Waals surface area contributed by atoms with E-state index in [1.807, 2.05) is 0 Å². The lowest BCUT2D eigenvalue weighted by Crippen LogP contribution is -2.35. The van der Waals surface area contributed by atoms with E-state index in [-0.39, 0.29) is 12.6 Å². The molecule has 0 unspecified atom stereocenters. The molecule has 1 aromatic carbocycles. The molecule has 2 aliphatic rings. The second kappa shape index (κ2) is 5.65. The lowest BCUT2D eigenvalue weighted by atomic mass is 10.2. The first kappa shape index (κ1) is 15.5. The lowest BCUT2D eigenvalue weighted by molar-refractivity contribution is 0.281. The fourth-order valence-electron chi connectivity index (χ4n) is 2.55. The Bertz CT molecular complexity index is 651. The topological polar surface area (TPSA) is 57.6 Å². The van der Waals surface area contributed by atoms with Crippen molar-refractivity contribution in [2.24, 2.45) is 5.92 Å². The molecule has 1 N–H and O–H groups in total. The standard InChI is InChI=1S/C15H20BrNO3S/c1-10-14(16)6-12(9-18)7-15(10)21(19,20)17(13-4-5-13)8-11-2-3-11/h6-7,11,13,18H,2-5,8-9H2,1H3.